The minimum absolute atomic E-state index is 0.0253. The lowest BCUT2D eigenvalue weighted by Crippen LogP contribution is -2.07. The number of hydrogen-bond donors (Lipinski definition) is 1. The molecular weight excluding hydrogens is 272 g/mol. The van der Waals surface area contributed by atoms with Crippen LogP contribution in [-0.2, 0) is 0 Å². The van der Waals surface area contributed by atoms with Crippen LogP contribution >= 0.6 is 23.1 Å². The Hall–Kier alpha value is -1.67. The zero-order valence-corrected chi connectivity index (χ0v) is 11.3. The van der Waals surface area contributed by atoms with Crippen molar-refractivity contribution >= 4 is 34.2 Å². The largest absolute Gasteiger partial charge is 0.477 e. The molecule has 2 heterocycles. The Bertz CT molecular complexity index is 571. The Morgan fingerprint density at radius 1 is 1.44 bits per heavy atom. The molecule has 0 atom stereocenters. The molecule has 18 heavy (non-hydrogen) atoms. The van der Waals surface area contributed by atoms with Crippen molar-refractivity contribution in [3.63, 3.8) is 0 Å². The molecule has 0 aliphatic rings. The molecule has 2 aromatic heterocycles. The lowest BCUT2D eigenvalue weighted by molar-refractivity contribution is 0.0690. The van der Waals surface area contributed by atoms with Gasteiger partial charge in [-0.25, -0.2) is 9.78 Å². The van der Waals surface area contributed by atoms with Crippen LogP contribution in [0.25, 0.3) is 0 Å². The first kappa shape index (κ1) is 12.8. The van der Waals surface area contributed by atoms with Crippen molar-refractivity contribution in [1.29, 1.82) is 0 Å². The summed E-state index contributed by atoms with van der Waals surface area (Å²) in [5.41, 5.74) is 0.0253. The van der Waals surface area contributed by atoms with Gasteiger partial charge in [-0.15, -0.1) is 10.2 Å². The van der Waals surface area contributed by atoms with Gasteiger partial charge in [0.15, 0.2) is 4.34 Å². The molecule has 1 N–H and O–H groups in total. The molecule has 6 nitrogen and oxygen atoms in total. The molecule has 2 rings (SSSR count). The Balaban J connectivity index is 2.17. The Morgan fingerprint density at radius 3 is 2.83 bits per heavy atom. The quantitative estimate of drug-likeness (QED) is 0.916. The van der Waals surface area contributed by atoms with E-state index in [4.69, 9.17) is 5.11 Å². The molecule has 0 saturated carbocycles. The summed E-state index contributed by atoms with van der Waals surface area (Å²) in [7, 11) is 3.79. The van der Waals surface area contributed by atoms with Gasteiger partial charge in [0.25, 0.3) is 0 Å². The highest BCUT2D eigenvalue weighted by atomic mass is 32.2. The van der Waals surface area contributed by atoms with Gasteiger partial charge in [-0.05, 0) is 12.1 Å². The van der Waals surface area contributed by atoms with Crippen LogP contribution in [0.2, 0.25) is 0 Å². The van der Waals surface area contributed by atoms with E-state index < -0.39 is 5.97 Å². The fourth-order valence-corrected chi connectivity index (χ4v) is 2.88. The van der Waals surface area contributed by atoms with Gasteiger partial charge in [-0.2, -0.15) is 0 Å². The zero-order chi connectivity index (χ0) is 13.1. The lowest BCUT2D eigenvalue weighted by Gasteiger charge is -2.03. The Morgan fingerprint density at radius 2 is 2.22 bits per heavy atom. The number of carboxylic acid groups (broad SMARTS) is 1. The highest BCUT2D eigenvalue weighted by molar-refractivity contribution is 8.01. The maximum Gasteiger partial charge on any atom is 0.354 e. The standard InChI is InChI=1S/C10H10N4O2S2/c1-14(2)9-12-13-10(18-9)17-6-3-4-11-7(5-6)8(15)16/h3-5H,1-2H3,(H,15,16). The van der Waals surface area contributed by atoms with E-state index in [0.717, 1.165) is 14.4 Å². The van der Waals surface area contributed by atoms with Crippen molar-refractivity contribution < 1.29 is 9.90 Å². The van der Waals surface area contributed by atoms with E-state index in [-0.39, 0.29) is 5.69 Å². The third-order valence-corrected chi connectivity index (χ3v) is 4.07. The van der Waals surface area contributed by atoms with E-state index in [0.29, 0.717) is 0 Å². The molecule has 0 radical (unpaired) electrons. The molecule has 0 aliphatic carbocycles. The van der Waals surface area contributed by atoms with Crippen LogP contribution in [0.15, 0.2) is 27.6 Å². The number of pyridine rings is 1. The summed E-state index contributed by atoms with van der Waals surface area (Å²) in [6, 6.07) is 3.26. The Kier molecular flexibility index (Phi) is 3.78. The predicted octanol–water partition coefficient (Wildman–Crippen LogP) is 1.85. The van der Waals surface area contributed by atoms with E-state index in [1.807, 2.05) is 19.0 Å². The minimum atomic E-state index is -1.04. The summed E-state index contributed by atoms with van der Waals surface area (Å²) in [6.45, 7) is 0. The maximum atomic E-state index is 10.8. The summed E-state index contributed by atoms with van der Waals surface area (Å²) < 4.78 is 0.765. The number of nitrogens with zero attached hydrogens (tertiary/aromatic N) is 4. The number of hydrogen-bond acceptors (Lipinski definition) is 7. The van der Waals surface area contributed by atoms with E-state index in [9.17, 15) is 4.79 Å². The van der Waals surface area contributed by atoms with Crippen molar-refractivity contribution in [2.24, 2.45) is 0 Å². The zero-order valence-electron chi connectivity index (χ0n) is 9.69. The smallest absolute Gasteiger partial charge is 0.354 e. The normalized spacial score (nSPS) is 10.3. The third-order valence-electron chi connectivity index (χ3n) is 1.93. The highest BCUT2D eigenvalue weighted by Crippen LogP contribution is 2.32. The molecule has 8 heteroatoms. The van der Waals surface area contributed by atoms with Gasteiger partial charge in [0.1, 0.15) is 5.69 Å². The molecule has 2 aromatic rings. The summed E-state index contributed by atoms with van der Waals surface area (Å²) in [5, 5.41) is 17.7. The van der Waals surface area contributed by atoms with Gasteiger partial charge in [0, 0.05) is 25.2 Å². The van der Waals surface area contributed by atoms with E-state index >= 15 is 0 Å². The lowest BCUT2D eigenvalue weighted by atomic mass is 10.4. The summed E-state index contributed by atoms with van der Waals surface area (Å²) in [5.74, 6) is -1.04. The topological polar surface area (TPSA) is 79.2 Å². The van der Waals surface area contributed by atoms with Crippen LogP contribution in [-0.4, -0.2) is 40.4 Å². The molecule has 0 bridgehead atoms. The van der Waals surface area contributed by atoms with Crippen LogP contribution in [0, 0.1) is 0 Å². The number of rotatable bonds is 4. The van der Waals surface area contributed by atoms with E-state index in [2.05, 4.69) is 15.2 Å². The summed E-state index contributed by atoms with van der Waals surface area (Å²) in [6.07, 6.45) is 1.47. The summed E-state index contributed by atoms with van der Waals surface area (Å²) >= 11 is 2.82. The first-order valence-electron chi connectivity index (χ1n) is 4.94. The fraction of sp³-hybridized carbons (Fsp3) is 0.200. The van der Waals surface area contributed by atoms with Crippen LogP contribution in [0.1, 0.15) is 10.5 Å². The fourth-order valence-electron chi connectivity index (χ4n) is 1.12. The van der Waals surface area contributed by atoms with Gasteiger partial charge in [-0.1, -0.05) is 23.1 Å². The molecule has 0 saturated heterocycles. The first-order valence-corrected chi connectivity index (χ1v) is 6.57. The average molecular weight is 282 g/mol. The van der Waals surface area contributed by atoms with Crippen LogP contribution in [0.5, 0.6) is 0 Å². The predicted molar refractivity (Wildman–Crippen MR) is 69.6 cm³/mol. The number of aromatic nitrogens is 3. The second kappa shape index (κ2) is 5.32. The number of carboxylic acids is 1. The molecule has 0 fully saturated rings. The van der Waals surface area contributed by atoms with Gasteiger partial charge in [0.2, 0.25) is 5.13 Å². The number of aromatic carboxylic acids is 1. The van der Waals surface area contributed by atoms with Crippen LogP contribution in [0.3, 0.4) is 0 Å². The summed E-state index contributed by atoms with van der Waals surface area (Å²) in [4.78, 5) is 17.2. The second-order valence-corrected chi connectivity index (χ2v) is 5.81. The van der Waals surface area contributed by atoms with Crippen molar-refractivity contribution in [2.45, 2.75) is 9.24 Å². The van der Waals surface area contributed by atoms with Gasteiger partial charge >= 0.3 is 5.97 Å². The molecule has 0 amide bonds. The van der Waals surface area contributed by atoms with Crippen molar-refractivity contribution in [3.05, 3.63) is 24.0 Å². The van der Waals surface area contributed by atoms with Crippen molar-refractivity contribution in [2.75, 3.05) is 19.0 Å². The first-order chi connectivity index (χ1) is 8.56. The molecule has 0 unspecified atom stereocenters. The van der Waals surface area contributed by atoms with E-state index in [1.165, 1.54) is 35.4 Å². The van der Waals surface area contributed by atoms with Crippen LogP contribution < -0.4 is 4.90 Å². The maximum absolute atomic E-state index is 10.8. The number of anilines is 1. The van der Waals surface area contributed by atoms with Crippen molar-refractivity contribution in [3.8, 4) is 0 Å². The SMILES string of the molecule is CN(C)c1nnc(Sc2ccnc(C(=O)O)c2)s1. The molecular formula is C10H10N4O2S2. The second-order valence-electron chi connectivity index (χ2n) is 3.53. The minimum Gasteiger partial charge on any atom is -0.477 e. The van der Waals surface area contributed by atoms with Crippen LogP contribution in [0.4, 0.5) is 5.13 Å². The van der Waals surface area contributed by atoms with Gasteiger partial charge in [-0.3, -0.25) is 0 Å². The van der Waals surface area contributed by atoms with E-state index in [1.54, 1.807) is 6.07 Å². The molecule has 0 spiro atoms. The molecule has 0 aromatic carbocycles. The third kappa shape index (κ3) is 2.96. The van der Waals surface area contributed by atoms with Gasteiger partial charge in [0.05, 0.1) is 0 Å². The van der Waals surface area contributed by atoms with Crippen molar-refractivity contribution in [1.82, 2.24) is 15.2 Å². The molecule has 94 valence electrons. The highest BCUT2D eigenvalue weighted by Gasteiger charge is 2.10. The number of carbonyl (C=O) groups is 1. The van der Waals surface area contributed by atoms with Gasteiger partial charge < -0.3 is 10.0 Å². The monoisotopic (exact) mass is 282 g/mol. The molecule has 0 aliphatic heterocycles. The average Bonchev–Trinajstić information content (AvgIpc) is 2.78. The Labute approximate surface area is 112 Å².